The number of benzene rings is 1. The van der Waals surface area contributed by atoms with Gasteiger partial charge in [-0.05, 0) is 12.1 Å². The van der Waals surface area contributed by atoms with E-state index < -0.39 is 50.5 Å². The van der Waals surface area contributed by atoms with Gasteiger partial charge < -0.3 is 4.74 Å². The van der Waals surface area contributed by atoms with Crippen LogP contribution in [0.3, 0.4) is 0 Å². The van der Waals surface area contributed by atoms with Crippen LogP contribution in [0.4, 0.5) is 18.9 Å². The van der Waals surface area contributed by atoms with E-state index in [9.17, 15) is 31.7 Å². The highest BCUT2D eigenvalue weighted by Gasteiger charge is 2.33. The van der Waals surface area contributed by atoms with Crippen molar-refractivity contribution in [2.45, 2.75) is 6.18 Å². The number of halogens is 3. The van der Waals surface area contributed by atoms with Crippen molar-refractivity contribution >= 4 is 15.7 Å². The molecule has 1 rings (SSSR count). The Bertz CT molecular complexity index is 614. The first-order chi connectivity index (χ1) is 9.00. The molecule has 0 atom stereocenters. The molecule has 7 nitrogen and oxygen atoms in total. The van der Waals surface area contributed by atoms with Crippen LogP contribution in [-0.4, -0.2) is 25.7 Å². The topological polar surface area (TPSA) is 113 Å². The summed E-state index contributed by atoms with van der Waals surface area (Å²) in [5, 5.41) is 15.4. The van der Waals surface area contributed by atoms with E-state index in [1.807, 2.05) is 0 Å². The Hall–Kier alpha value is -1.88. The van der Waals surface area contributed by atoms with E-state index >= 15 is 0 Å². The number of hydrogen-bond donors (Lipinski definition) is 1. The minimum Gasteiger partial charge on any atom is -0.486 e. The number of ether oxygens (including phenoxy) is 1. The second-order valence-electron chi connectivity index (χ2n) is 3.65. The average Bonchev–Trinajstić information content (AvgIpc) is 2.25. The van der Waals surface area contributed by atoms with Crippen LogP contribution in [0.5, 0.6) is 5.75 Å². The summed E-state index contributed by atoms with van der Waals surface area (Å²) in [6.45, 7) is -0.509. The first-order valence-electron chi connectivity index (χ1n) is 4.99. The molecule has 0 aliphatic rings. The van der Waals surface area contributed by atoms with Gasteiger partial charge in [0.15, 0.2) is 5.75 Å². The molecule has 0 unspecified atom stereocenters. The zero-order valence-electron chi connectivity index (χ0n) is 9.75. The molecule has 0 saturated carbocycles. The molecule has 0 saturated heterocycles. The number of rotatable bonds is 5. The van der Waals surface area contributed by atoms with E-state index in [0.717, 1.165) is 6.07 Å². The zero-order valence-corrected chi connectivity index (χ0v) is 10.6. The summed E-state index contributed by atoms with van der Waals surface area (Å²) < 4.78 is 63.3. The van der Waals surface area contributed by atoms with Crippen LogP contribution in [0.15, 0.2) is 18.2 Å². The van der Waals surface area contributed by atoms with Crippen molar-refractivity contribution in [1.82, 2.24) is 0 Å². The quantitative estimate of drug-likeness (QED) is 0.650. The fraction of sp³-hybridized carbons (Fsp3) is 0.333. The molecular weight excluding hydrogens is 305 g/mol. The van der Waals surface area contributed by atoms with Gasteiger partial charge in [-0.2, -0.15) is 13.2 Å². The third kappa shape index (κ3) is 4.66. The van der Waals surface area contributed by atoms with Crippen LogP contribution in [0.25, 0.3) is 0 Å². The van der Waals surface area contributed by atoms with Crippen molar-refractivity contribution in [3.05, 3.63) is 33.9 Å². The Morgan fingerprint density at radius 2 is 1.95 bits per heavy atom. The predicted molar refractivity (Wildman–Crippen MR) is 61.6 cm³/mol. The normalized spacial score (nSPS) is 12.2. The number of nitrogens with two attached hydrogens (primary N) is 1. The predicted octanol–water partition coefficient (Wildman–Crippen LogP) is 1.28. The van der Waals surface area contributed by atoms with Gasteiger partial charge in [0, 0.05) is 6.07 Å². The highest BCUT2D eigenvalue weighted by atomic mass is 32.2. The standard InChI is InChI=1S/C9H9F3N2O5S/c10-9(11,12)6-1-2-8(7(5-6)14(15)16)19-3-4-20(13,17)18/h1-2,5H,3-4H2,(H2,13,17,18). The molecule has 112 valence electrons. The van der Waals surface area contributed by atoms with Gasteiger partial charge in [-0.3, -0.25) is 10.1 Å². The maximum absolute atomic E-state index is 12.4. The Morgan fingerprint density at radius 3 is 2.40 bits per heavy atom. The number of nitro benzene ring substituents is 1. The molecule has 0 aromatic heterocycles. The van der Waals surface area contributed by atoms with Crippen LogP contribution in [0, 0.1) is 10.1 Å². The van der Waals surface area contributed by atoms with Gasteiger partial charge in [0.2, 0.25) is 10.0 Å². The van der Waals surface area contributed by atoms with E-state index in [2.05, 4.69) is 5.14 Å². The molecule has 2 N–H and O–H groups in total. The summed E-state index contributed by atoms with van der Waals surface area (Å²) >= 11 is 0. The molecule has 0 spiro atoms. The minimum absolute atomic E-state index is 0.312. The number of nitrogens with zero attached hydrogens (tertiary/aromatic N) is 1. The molecule has 0 fully saturated rings. The van der Waals surface area contributed by atoms with Crippen molar-refractivity contribution in [2.75, 3.05) is 12.4 Å². The molecule has 20 heavy (non-hydrogen) atoms. The van der Waals surface area contributed by atoms with Crippen LogP contribution in [-0.2, 0) is 16.2 Å². The monoisotopic (exact) mass is 314 g/mol. The molecule has 0 amide bonds. The summed E-state index contributed by atoms with van der Waals surface area (Å²) in [4.78, 5) is 9.62. The number of sulfonamides is 1. The summed E-state index contributed by atoms with van der Waals surface area (Å²) in [5.41, 5.74) is -2.11. The van der Waals surface area contributed by atoms with E-state index in [0.29, 0.717) is 12.1 Å². The summed E-state index contributed by atoms with van der Waals surface area (Å²) in [7, 11) is -3.83. The third-order valence-electron chi connectivity index (χ3n) is 2.11. The van der Waals surface area contributed by atoms with E-state index in [4.69, 9.17) is 4.74 Å². The summed E-state index contributed by atoms with van der Waals surface area (Å²) in [6, 6.07) is 1.66. The van der Waals surface area contributed by atoms with Gasteiger partial charge in [0.05, 0.1) is 16.2 Å². The molecular formula is C9H9F3N2O5S. The maximum Gasteiger partial charge on any atom is 0.416 e. The molecule has 1 aromatic rings. The van der Waals surface area contributed by atoms with Crippen LogP contribution < -0.4 is 9.88 Å². The number of nitro groups is 1. The van der Waals surface area contributed by atoms with E-state index in [1.165, 1.54) is 0 Å². The lowest BCUT2D eigenvalue weighted by Crippen LogP contribution is -2.21. The largest absolute Gasteiger partial charge is 0.486 e. The van der Waals surface area contributed by atoms with Crippen molar-refractivity contribution in [1.29, 1.82) is 0 Å². The smallest absolute Gasteiger partial charge is 0.416 e. The van der Waals surface area contributed by atoms with Crippen molar-refractivity contribution in [3.8, 4) is 5.75 Å². The van der Waals surface area contributed by atoms with Crippen molar-refractivity contribution in [3.63, 3.8) is 0 Å². The van der Waals surface area contributed by atoms with Gasteiger partial charge in [-0.25, -0.2) is 13.6 Å². The zero-order chi connectivity index (χ0) is 15.6. The summed E-state index contributed by atoms with van der Waals surface area (Å²) in [5.74, 6) is -1.09. The van der Waals surface area contributed by atoms with Gasteiger partial charge in [0.1, 0.15) is 6.61 Å². The second-order valence-corrected chi connectivity index (χ2v) is 5.39. The van der Waals surface area contributed by atoms with E-state index in [-0.39, 0.29) is 0 Å². The van der Waals surface area contributed by atoms with Gasteiger partial charge in [0.25, 0.3) is 0 Å². The average molecular weight is 314 g/mol. The van der Waals surface area contributed by atoms with Crippen LogP contribution >= 0.6 is 0 Å². The Balaban J connectivity index is 3.00. The van der Waals surface area contributed by atoms with Crippen molar-refractivity contribution < 1.29 is 31.2 Å². The lowest BCUT2D eigenvalue weighted by atomic mass is 10.2. The maximum atomic E-state index is 12.4. The first-order valence-corrected chi connectivity index (χ1v) is 6.71. The fourth-order valence-corrected chi connectivity index (χ4v) is 1.54. The lowest BCUT2D eigenvalue weighted by molar-refractivity contribution is -0.386. The lowest BCUT2D eigenvalue weighted by Gasteiger charge is -2.09. The molecule has 0 aliphatic carbocycles. The Morgan fingerprint density at radius 1 is 1.35 bits per heavy atom. The van der Waals surface area contributed by atoms with Gasteiger partial charge in [-0.15, -0.1) is 0 Å². The number of primary sulfonamides is 1. The van der Waals surface area contributed by atoms with E-state index in [1.54, 1.807) is 0 Å². The second kappa shape index (κ2) is 5.63. The van der Waals surface area contributed by atoms with Crippen LogP contribution in [0.1, 0.15) is 5.56 Å². The molecule has 0 radical (unpaired) electrons. The number of hydrogen-bond acceptors (Lipinski definition) is 5. The highest BCUT2D eigenvalue weighted by Crippen LogP contribution is 2.35. The Labute approximate surface area is 111 Å². The van der Waals surface area contributed by atoms with Crippen LogP contribution in [0.2, 0.25) is 0 Å². The Kier molecular flexibility index (Phi) is 4.55. The SMILES string of the molecule is NS(=O)(=O)CCOc1ccc(C(F)(F)F)cc1[N+](=O)[O-]. The molecule has 1 aromatic carbocycles. The van der Waals surface area contributed by atoms with Gasteiger partial charge in [-0.1, -0.05) is 0 Å². The molecule has 0 aliphatic heterocycles. The molecule has 11 heteroatoms. The first kappa shape index (κ1) is 16.2. The fourth-order valence-electron chi connectivity index (χ4n) is 1.23. The van der Waals surface area contributed by atoms with Gasteiger partial charge >= 0.3 is 11.9 Å². The summed E-state index contributed by atoms with van der Waals surface area (Å²) in [6.07, 6.45) is -4.73. The molecule has 0 heterocycles. The number of alkyl halides is 3. The third-order valence-corrected chi connectivity index (χ3v) is 2.84. The van der Waals surface area contributed by atoms with Crippen molar-refractivity contribution in [2.24, 2.45) is 5.14 Å². The minimum atomic E-state index is -4.73. The highest BCUT2D eigenvalue weighted by molar-refractivity contribution is 7.89. The molecule has 0 bridgehead atoms.